The first kappa shape index (κ1) is 18.9. The zero-order valence-electron chi connectivity index (χ0n) is 10.2. The van der Waals surface area contributed by atoms with E-state index < -0.39 is 0 Å². The van der Waals surface area contributed by atoms with Crippen molar-refractivity contribution in [2.45, 2.75) is 0 Å². The highest BCUT2D eigenvalue weighted by Gasteiger charge is 1.85. The largest absolute Gasteiger partial charge is 0.394 e. The Morgan fingerprint density at radius 1 is 0.706 bits per heavy atom. The van der Waals surface area contributed by atoms with Gasteiger partial charge in [-0.05, 0) is 0 Å². The Kier molecular flexibility index (Phi) is 23.1. The average Bonchev–Trinajstić information content (AvgIpc) is 2.35. The van der Waals surface area contributed by atoms with Gasteiger partial charge in [0.2, 0.25) is 0 Å². The van der Waals surface area contributed by atoms with Gasteiger partial charge < -0.3 is 29.5 Å². The van der Waals surface area contributed by atoms with Crippen molar-refractivity contribution in [2.24, 2.45) is 0 Å². The van der Waals surface area contributed by atoms with Gasteiger partial charge in [0, 0.05) is 0 Å². The van der Waals surface area contributed by atoms with Crippen molar-refractivity contribution in [2.75, 3.05) is 59.5 Å². The van der Waals surface area contributed by atoms with E-state index in [0.717, 1.165) is 0 Å². The third-order valence-electron chi connectivity index (χ3n) is 1.31. The Balaban J connectivity index is 0. The topological polar surface area (TPSA) is 88.4 Å². The van der Waals surface area contributed by atoms with Crippen LogP contribution in [0.4, 0.5) is 0 Å². The van der Waals surface area contributed by atoms with Gasteiger partial charge >= 0.3 is 0 Å². The number of hydrogen-bond acceptors (Lipinski definition) is 6. The van der Waals surface area contributed by atoms with Gasteiger partial charge in [0.15, 0.2) is 0 Å². The van der Waals surface area contributed by atoms with E-state index in [-0.39, 0.29) is 19.8 Å². The van der Waals surface area contributed by atoms with E-state index in [1.807, 2.05) is 0 Å². The van der Waals surface area contributed by atoms with E-state index in [1.165, 1.54) is 0 Å². The first-order valence-electron chi connectivity index (χ1n) is 5.50. The molecule has 0 unspecified atom stereocenters. The molecule has 0 saturated heterocycles. The molecule has 6 heteroatoms. The van der Waals surface area contributed by atoms with Gasteiger partial charge in [-0.3, -0.25) is 0 Å². The third kappa shape index (κ3) is 25.6. The fraction of sp³-hybridized carbons (Fsp3) is 0.818. The smallest absolute Gasteiger partial charge is 0.0704 e. The normalized spacial score (nSPS) is 9.59. The molecule has 0 aliphatic rings. The molecule has 0 aliphatic carbocycles. The molecule has 0 spiro atoms. The maximum atomic E-state index is 8.29. The number of hydrogen-bond donors (Lipinski definition) is 3. The minimum absolute atomic E-state index is 0.0278. The summed E-state index contributed by atoms with van der Waals surface area (Å²) < 4.78 is 14.6. The summed E-state index contributed by atoms with van der Waals surface area (Å²) in [5, 5.41) is 24.5. The lowest BCUT2D eigenvalue weighted by Gasteiger charge is -2.00. The average molecular weight is 252 g/mol. The summed E-state index contributed by atoms with van der Waals surface area (Å²) >= 11 is 0. The van der Waals surface area contributed by atoms with E-state index in [0.29, 0.717) is 39.6 Å². The summed E-state index contributed by atoms with van der Waals surface area (Å²) in [7, 11) is 0. The number of rotatable bonds is 11. The Morgan fingerprint density at radius 2 is 1.12 bits per heavy atom. The number of ether oxygens (including phenoxy) is 3. The first-order valence-corrected chi connectivity index (χ1v) is 5.50. The molecule has 0 heterocycles. The van der Waals surface area contributed by atoms with Gasteiger partial charge in [-0.15, -0.1) is 6.58 Å². The van der Waals surface area contributed by atoms with Crippen LogP contribution in [0.15, 0.2) is 12.7 Å². The molecule has 6 nitrogen and oxygen atoms in total. The molecule has 0 rings (SSSR count). The third-order valence-corrected chi connectivity index (χ3v) is 1.31. The molecule has 17 heavy (non-hydrogen) atoms. The van der Waals surface area contributed by atoms with Gasteiger partial charge in [-0.2, -0.15) is 0 Å². The highest BCUT2D eigenvalue weighted by atomic mass is 16.5. The van der Waals surface area contributed by atoms with Gasteiger partial charge in [-0.25, -0.2) is 0 Å². The van der Waals surface area contributed by atoms with Crippen molar-refractivity contribution in [3.8, 4) is 0 Å². The summed E-state index contributed by atoms with van der Waals surface area (Å²) in [6, 6.07) is 0. The Hall–Kier alpha value is -0.500. The van der Waals surface area contributed by atoms with Crippen LogP contribution in [0.3, 0.4) is 0 Å². The molecule has 3 N–H and O–H groups in total. The Labute approximate surface area is 102 Å². The second-order valence-electron chi connectivity index (χ2n) is 2.76. The Morgan fingerprint density at radius 3 is 1.53 bits per heavy atom. The van der Waals surface area contributed by atoms with E-state index in [2.05, 4.69) is 11.3 Å². The monoisotopic (exact) mass is 252 g/mol. The van der Waals surface area contributed by atoms with Crippen molar-refractivity contribution >= 4 is 0 Å². The molecule has 0 saturated carbocycles. The minimum Gasteiger partial charge on any atom is -0.394 e. The molecule has 104 valence electrons. The van der Waals surface area contributed by atoms with Crippen molar-refractivity contribution in [1.29, 1.82) is 0 Å². The molecule has 0 bridgehead atoms. The van der Waals surface area contributed by atoms with E-state index in [4.69, 9.17) is 24.8 Å². The van der Waals surface area contributed by atoms with Crippen LogP contribution in [0.5, 0.6) is 0 Å². The van der Waals surface area contributed by atoms with Gasteiger partial charge in [0.05, 0.1) is 59.5 Å². The second-order valence-corrected chi connectivity index (χ2v) is 2.76. The van der Waals surface area contributed by atoms with Gasteiger partial charge in [0.1, 0.15) is 0 Å². The minimum atomic E-state index is 0.0278. The molecule has 0 aromatic rings. The molecular formula is C11H24O6. The summed E-state index contributed by atoms with van der Waals surface area (Å²) in [4.78, 5) is 0. The Bertz CT molecular complexity index is 127. The second kappa shape index (κ2) is 20.9. The van der Waals surface area contributed by atoms with E-state index in [9.17, 15) is 0 Å². The SMILES string of the molecule is C=CCOCCOCCO.OCCOCCO. The van der Waals surface area contributed by atoms with Crippen LogP contribution in [-0.2, 0) is 14.2 Å². The highest BCUT2D eigenvalue weighted by Crippen LogP contribution is 1.77. The standard InChI is InChI=1S/C7H14O3.C4H10O3/c1-2-4-9-6-7-10-5-3-8;5-1-3-7-4-2-6/h2,8H,1,3-7H2;5-6H,1-4H2. The molecule has 0 radical (unpaired) electrons. The quantitative estimate of drug-likeness (QED) is 0.329. The molecule has 0 atom stereocenters. The van der Waals surface area contributed by atoms with Crippen molar-refractivity contribution in [3.05, 3.63) is 12.7 Å². The maximum Gasteiger partial charge on any atom is 0.0704 e. The van der Waals surface area contributed by atoms with Crippen LogP contribution in [0.2, 0.25) is 0 Å². The zero-order valence-corrected chi connectivity index (χ0v) is 10.2. The molecule has 0 aromatic carbocycles. The van der Waals surface area contributed by atoms with Crippen LogP contribution in [0.1, 0.15) is 0 Å². The predicted molar refractivity (Wildman–Crippen MR) is 63.9 cm³/mol. The van der Waals surface area contributed by atoms with Crippen LogP contribution in [0.25, 0.3) is 0 Å². The first-order chi connectivity index (χ1) is 8.33. The molecule has 0 fully saturated rings. The summed E-state index contributed by atoms with van der Waals surface area (Å²) in [5.74, 6) is 0. The van der Waals surface area contributed by atoms with Gasteiger partial charge in [-0.1, -0.05) is 6.08 Å². The van der Waals surface area contributed by atoms with Crippen molar-refractivity contribution in [3.63, 3.8) is 0 Å². The van der Waals surface area contributed by atoms with Crippen LogP contribution in [-0.4, -0.2) is 74.8 Å². The zero-order chi connectivity index (χ0) is 13.2. The molecular weight excluding hydrogens is 228 g/mol. The molecule has 0 amide bonds. The maximum absolute atomic E-state index is 8.29. The van der Waals surface area contributed by atoms with Crippen molar-refractivity contribution < 1.29 is 29.5 Å². The van der Waals surface area contributed by atoms with Gasteiger partial charge in [0.25, 0.3) is 0 Å². The van der Waals surface area contributed by atoms with Crippen LogP contribution in [0, 0.1) is 0 Å². The number of aliphatic hydroxyl groups is 3. The lowest BCUT2D eigenvalue weighted by molar-refractivity contribution is 0.0412. The summed E-state index contributed by atoms with van der Waals surface area (Å²) in [5.41, 5.74) is 0. The fourth-order valence-electron chi connectivity index (χ4n) is 0.682. The number of aliphatic hydroxyl groups excluding tert-OH is 3. The summed E-state index contributed by atoms with van der Waals surface area (Å²) in [6.45, 7) is 6.30. The lowest BCUT2D eigenvalue weighted by Crippen LogP contribution is -2.06. The van der Waals surface area contributed by atoms with E-state index >= 15 is 0 Å². The highest BCUT2D eigenvalue weighted by molar-refractivity contribution is 4.63. The van der Waals surface area contributed by atoms with Crippen LogP contribution < -0.4 is 0 Å². The van der Waals surface area contributed by atoms with E-state index in [1.54, 1.807) is 6.08 Å². The fourth-order valence-corrected chi connectivity index (χ4v) is 0.682. The molecule has 0 aromatic heterocycles. The predicted octanol–water partition coefficient (Wildman–Crippen LogP) is -0.814. The summed E-state index contributed by atoms with van der Waals surface area (Å²) in [6.07, 6.45) is 1.69. The lowest BCUT2D eigenvalue weighted by atomic mass is 10.7. The molecule has 0 aliphatic heterocycles. The van der Waals surface area contributed by atoms with Crippen molar-refractivity contribution in [1.82, 2.24) is 0 Å². The van der Waals surface area contributed by atoms with Crippen LogP contribution >= 0.6 is 0 Å².